The molecule has 3 rings (SSSR count). The zero-order valence-corrected chi connectivity index (χ0v) is 12.1. The minimum atomic E-state index is -0.188. The molecule has 0 aliphatic carbocycles. The molecule has 1 aliphatic heterocycles. The molecule has 2 heterocycles. The summed E-state index contributed by atoms with van der Waals surface area (Å²) in [4.78, 5) is 8.87. The number of pyridine rings is 1. The number of rotatable bonds is 3. The molecular formula is C16H19FN4. The maximum atomic E-state index is 13.0. The van der Waals surface area contributed by atoms with Crippen LogP contribution in [0.2, 0.25) is 0 Å². The Morgan fingerprint density at radius 3 is 2.19 bits per heavy atom. The fourth-order valence-electron chi connectivity index (χ4n) is 2.61. The third kappa shape index (κ3) is 3.07. The molecule has 0 spiro atoms. The van der Waals surface area contributed by atoms with Crippen molar-refractivity contribution in [3.63, 3.8) is 0 Å². The van der Waals surface area contributed by atoms with E-state index in [9.17, 15) is 4.39 Å². The number of anilines is 3. The first kappa shape index (κ1) is 13.7. The molecule has 0 amide bonds. The van der Waals surface area contributed by atoms with Crippen LogP contribution < -0.4 is 15.1 Å². The van der Waals surface area contributed by atoms with Gasteiger partial charge in [-0.2, -0.15) is 0 Å². The second kappa shape index (κ2) is 5.99. The average Bonchev–Trinajstić information content (AvgIpc) is 2.56. The van der Waals surface area contributed by atoms with Gasteiger partial charge in [-0.25, -0.2) is 4.39 Å². The molecule has 0 radical (unpaired) electrons. The highest BCUT2D eigenvalue weighted by Crippen LogP contribution is 2.22. The van der Waals surface area contributed by atoms with Gasteiger partial charge in [0.05, 0.1) is 23.8 Å². The van der Waals surface area contributed by atoms with Gasteiger partial charge in [0, 0.05) is 38.9 Å². The van der Waals surface area contributed by atoms with Crippen LogP contribution >= 0.6 is 0 Å². The van der Waals surface area contributed by atoms with Crippen molar-refractivity contribution in [3.05, 3.63) is 48.5 Å². The van der Waals surface area contributed by atoms with E-state index in [0.29, 0.717) is 0 Å². The summed E-state index contributed by atoms with van der Waals surface area (Å²) in [6.07, 6.45) is 3.71. The molecule has 0 saturated carbocycles. The van der Waals surface area contributed by atoms with Crippen molar-refractivity contribution in [1.82, 2.24) is 4.98 Å². The van der Waals surface area contributed by atoms with E-state index in [1.807, 2.05) is 31.6 Å². The average molecular weight is 286 g/mol. The van der Waals surface area contributed by atoms with E-state index < -0.39 is 0 Å². The Bertz CT molecular complexity index is 591. The number of nitrogens with zero attached hydrogens (tertiary/aromatic N) is 3. The molecule has 2 aromatic rings. The number of halogens is 1. The number of hydrogen-bond donors (Lipinski definition) is 1. The summed E-state index contributed by atoms with van der Waals surface area (Å²) < 4.78 is 13.0. The highest BCUT2D eigenvalue weighted by Gasteiger charge is 2.17. The van der Waals surface area contributed by atoms with Gasteiger partial charge in [-0.05, 0) is 30.3 Å². The van der Waals surface area contributed by atoms with Crippen LogP contribution in [0.5, 0.6) is 0 Å². The van der Waals surface area contributed by atoms with Crippen LogP contribution in [0.1, 0.15) is 0 Å². The van der Waals surface area contributed by atoms with Gasteiger partial charge in [-0.3, -0.25) is 4.98 Å². The zero-order chi connectivity index (χ0) is 14.7. The smallest absolute Gasteiger partial charge is 0.123 e. The van der Waals surface area contributed by atoms with Crippen LogP contribution in [0.4, 0.5) is 21.5 Å². The lowest BCUT2D eigenvalue weighted by molar-refractivity contribution is 0.624. The van der Waals surface area contributed by atoms with Crippen molar-refractivity contribution < 1.29 is 4.39 Å². The lowest BCUT2D eigenvalue weighted by atomic mass is 10.2. The Hall–Kier alpha value is -2.30. The van der Waals surface area contributed by atoms with Crippen molar-refractivity contribution in [2.45, 2.75) is 0 Å². The Morgan fingerprint density at radius 1 is 0.952 bits per heavy atom. The van der Waals surface area contributed by atoms with E-state index in [2.05, 4.69) is 26.2 Å². The summed E-state index contributed by atoms with van der Waals surface area (Å²) in [6.45, 7) is 3.73. The molecule has 1 N–H and O–H groups in total. The van der Waals surface area contributed by atoms with E-state index in [-0.39, 0.29) is 5.82 Å². The standard InChI is InChI=1S/C16H19FN4/c1-18-14-10-16(12-19-11-14)21-8-6-20(7-9-21)15-4-2-13(17)3-5-15/h2-5,10-12,18H,6-9H2,1H3. The van der Waals surface area contributed by atoms with Gasteiger partial charge in [-0.1, -0.05) is 0 Å². The van der Waals surface area contributed by atoms with Gasteiger partial charge < -0.3 is 15.1 Å². The number of hydrogen-bond acceptors (Lipinski definition) is 4. The van der Waals surface area contributed by atoms with Gasteiger partial charge >= 0.3 is 0 Å². The van der Waals surface area contributed by atoms with E-state index >= 15 is 0 Å². The maximum Gasteiger partial charge on any atom is 0.123 e. The first-order chi connectivity index (χ1) is 10.3. The van der Waals surface area contributed by atoms with Crippen LogP contribution in [0.3, 0.4) is 0 Å². The van der Waals surface area contributed by atoms with Gasteiger partial charge in [0.15, 0.2) is 0 Å². The van der Waals surface area contributed by atoms with E-state index in [0.717, 1.165) is 43.2 Å². The Labute approximate surface area is 124 Å². The molecule has 0 bridgehead atoms. The van der Waals surface area contributed by atoms with Gasteiger partial charge in [-0.15, -0.1) is 0 Å². The molecular weight excluding hydrogens is 267 g/mol. The van der Waals surface area contributed by atoms with E-state index in [4.69, 9.17) is 0 Å². The van der Waals surface area contributed by atoms with Crippen LogP contribution in [-0.4, -0.2) is 38.2 Å². The summed E-state index contributed by atoms with van der Waals surface area (Å²) in [5.74, 6) is -0.188. The highest BCUT2D eigenvalue weighted by atomic mass is 19.1. The molecule has 1 aliphatic rings. The lowest BCUT2D eigenvalue weighted by Gasteiger charge is -2.37. The molecule has 1 aromatic heterocycles. The SMILES string of the molecule is CNc1cncc(N2CCN(c3ccc(F)cc3)CC2)c1. The predicted molar refractivity (Wildman–Crippen MR) is 84.6 cm³/mol. The third-order valence-electron chi connectivity index (χ3n) is 3.85. The van der Waals surface area contributed by atoms with Crippen molar-refractivity contribution in [3.8, 4) is 0 Å². The molecule has 4 nitrogen and oxygen atoms in total. The van der Waals surface area contributed by atoms with Crippen molar-refractivity contribution in [2.75, 3.05) is 48.3 Å². The first-order valence-corrected chi connectivity index (χ1v) is 7.14. The maximum absolute atomic E-state index is 13.0. The third-order valence-corrected chi connectivity index (χ3v) is 3.85. The lowest BCUT2D eigenvalue weighted by Crippen LogP contribution is -2.46. The van der Waals surface area contributed by atoms with Crippen molar-refractivity contribution >= 4 is 17.1 Å². The fraction of sp³-hybridized carbons (Fsp3) is 0.312. The largest absolute Gasteiger partial charge is 0.387 e. The summed E-state index contributed by atoms with van der Waals surface area (Å²) in [5.41, 5.74) is 3.24. The molecule has 21 heavy (non-hydrogen) atoms. The first-order valence-electron chi connectivity index (χ1n) is 7.14. The summed E-state index contributed by atoms with van der Waals surface area (Å²) in [5, 5.41) is 3.11. The number of aromatic nitrogens is 1. The molecule has 0 atom stereocenters. The second-order valence-corrected chi connectivity index (χ2v) is 5.13. The normalized spacial score (nSPS) is 15.1. The number of piperazine rings is 1. The summed E-state index contributed by atoms with van der Waals surface area (Å²) >= 11 is 0. The minimum Gasteiger partial charge on any atom is -0.387 e. The van der Waals surface area contributed by atoms with Crippen LogP contribution in [0.15, 0.2) is 42.7 Å². The second-order valence-electron chi connectivity index (χ2n) is 5.13. The zero-order valence-electron chi connectivity index (χ0n) is 12.1. The molecule has 5 heteroatoms. The fourth-order valence-corrected chi connectivity index (χ4v) is 2.61. The van der Waals surface area contributed by atoms with Crippen LogP contribution in [0, 0.1) is 5.82 Å². The molecule has 110 valence electrons. The Morgan fingerprint density at radius 2 is 1.57 bits per heavy atom. The summed E-state index contributed by atoms with van der Waals surface area (Å²) in [6, 6.07) is 8.83. The van der Waals surface area contributed by atoms with Gasteiger partial charge in [0.1, 0.15) is 5.82 Å². The molecule has 0 unspecified atom stereocenters. The summed E-state index contributed by atoms with van der Waals surface area (Å²) in [7, 11) is 1.90. The topological polar surface area (TPSA) is 31.4 Å². The molecule has 1 aromatic carbocycles. The number of benzene rings is 1. The highest BCUT2D eigenvalue weighted by molar-refractivity contribution is 5.57. The quantitative estimate of drug-likeness (QED) is 0.940. The molecule has 1 saturated heterocycles. The minimum absolute atomic E-state index is 0.188. The van der Waals surface area contributed by atoms with Crippen molar-refractivity contribution in [2.24, 2.45) is 0 Å². The van der Waals surface area contributed by atoms with E-state index in [1.54, 1.807) is 0 Å². The Kier molecular flexibility index (Phi) is 3.90. The van der Waals surface area contributed by atoms with Crippen LogP contribution in [0.25, 0.3) is 0 Å². The van der Waals surface area contributed by atoms with Crippen molar-refractivity contribution in [1.29, 1.82) is 0 Å². The van der Waals surface area contributed by atoms with Gasteiger partial charge in [0.2, 0.25) is 0 Å². The molecule has 1 fully saturated rings. The Balaban J connectivity index is 1.65. The predicted octanol–water partition coefficient (Wildman–Crippen LogP) is 2.59. The number of nitrogens with one attached hydrogen (secondary N) is 1. The van der Waals surface area contributed by atoms with E-state index in [1.165, 1.54) is 12.1 Å². The van der Waals surface area contributed by atoms with Crippen LogP contribution in [-0.2, 0) is 0 Å². The van der Waals surface area contributed by atoms with Gasteiger partial charge in [0.25, 0.3) is 0 Å². The monoisotopic (exact) mass is 286 g/mol.